The van der Waals surface area contributed by atoms with Crippen LogP contribution in [0.15, 0.2) is 18.2 Å². The maximum atomic E-state index is 13.3. The van der Waals surface area contributed by atoms with Crippen LogP contribution < -0.4 is 5.32 Å². The molecule has 94 valence electrons. The zero-order valence-electron chi connectivity index (χ0n) is 9.41. The third-order valence-corrected chi connectivity index (χ3v) is 3.01. The van der Waals surface area contributed by atoms with E-state index >= 15 is 0 Å². The number of carbonyl (C=O) groups excluding carboxylic acids is 1. The highest BCUT2D eigenvalue weighted by Crippen LogP contribution is 2.12. The number of amides is 1. The molecule has 2 rings (SSSR count). The van der Waals surface area contributed by atoms with Crippen molar-refractivity contribution >= 4 is 17.4 Å². The molecule has 1 amide bonds. The second kappa shape index (κ2) is 5.18. The van der Waals surface area contributed by atoms with E-state index in [0.29, 0.717) is 5.82 Å². The maximum absolute atomic E-state index is 13.3. The van der Waals surface area contributed by atoms with Gasteiger partial charge in [-0.2, -0.15) is 4.37 Å². The lowest BCUT2D eigenvalue weighted by molar-refractivity contribution is 0.0949. The number of aryl methyl sites for hydroxylation is 1. The van der Waals surface area contributed by atoms with Gasteiger partial charge in [0.25, 0.3) is 5.91 Å². The van der Waals surface area contributed by atoms with Gasteiger partial charge in [0.1, 0.15) is 17.5 Å². The van der Waals surface area contributed by atoms with E-state index in [1.54, 1.807) is 6.92 Å². The SMILES string of the molecule is Cc1nsc(C(=O)NCc2c(F)cccc2F)n1. The van der Waals surface area contributed by atoms with Crippen LogP contribution in [-0.4, -0.2) is 15.3 Å². The Labute approximate surface area is 106 Å². The highest BCUT2D eigenvalue weighted by Gasteiger charge is 2.13. The van der Waals surface area contributed by atoms with Crippen LogP contribution in [0.3, 0.4) is 0 Å². The van der Waals surface area contributed by atoms with E-state index in [9.17, 15) is 13.6 Å². The summed E-state index contributed by atoms with van der Waals surface area (Å²) in [6.07, 6.45) is 0. The van der Waals surface area contributed by atoms with Crippen LogP contribution >= 0.6 is 11.5 Å². The summed E-state index contributed by atoms with van der Waals surface area (Å²) in [4.78, 5) is 15.5. The largest absolute Gasteiger partial charge is 0.346 e. The zero-order valence-corrected chi connectivity index (χ0v) is 10.2. The zero-order chi connectivity index (χ0) is 13.1. The molecule has 7 heteroatoms. The summed E-state index contributed by atoms with van der Waals surface area (Å²) >= 11 is 0.941. The van der Waals surface area contributed by atoms with E-state index in [2.05, 4.69) is 14.7 Å². The van der Waals surface area contributed by atoms with Crippen molar-refractivity contribution in [1.29, 1.82) is 0 Å². The van der Waals surface area contributed by atoms with Crippen molar-refractivity contribution in [2.45, 2.75) is 13.5 Å². The van der Waals surface area contributed by atoms with Crippen LogP contribution in [0.4, 0.5) is 8.78 Å². The van der Waals surface area contributed by atoms with Crippen LogP contribution in [-0.2, 0) is 6.54 Å². The van der Waals surface area contributed by atoms with Gasteiger partial charge >= 0.3 is 0 Å². The van der Waals surface area contributed by atoms with Crippen LogP contribution in [0, 0.1) is 18.6 Å². The fraction of sp³-hybridized carbons (Fsp3) is 0.182. The molecule has 0 atom stereocenters. The minimum Gasteiger partial charge on any atom is -0.346 e. The molecule has 0 bridgehead atoms. The third kappa shape index (κ3) is 2.67. The molecule has 0 spiro atoms. The number of benzene rings is 1. The average molecular weight is 269 g/mol. The first-order valence-corrected chi connectivity index (χ1v) is 5.86. The number of hydrogen-bond acceptors (Lipinski definition) is 4. The summed E-state index contributed by atoms with van der Waals surface area (Å²) in [7, 11) is 0. The molecule has 0 aliphatic rings. The lowest BCUT2D eigenvalue weighted by atomic mass is 10.2. The Bertz CT molecular complexity index is 565. The summed E-state index contributed by atoms with van der Waals surface area (Å²) < 4.78 is 30.4. The van der Waals surface area contributed by atoms with Crippen molar-refractivity contribution in [2.75, 3.05) is 0 Å². The van der Waals surface area contributed by atoms with Crippen molar-refractivity contribution in [3.8, 4) is 0 Å². The number of aromatic nitrogens is 2. The quantitative estimate of drug-likeness (QED) is 0.927. The van der Waals surface area contributed by atoms with Crippen LogP contribution in [0.1, 0.15) is 21.2 Å². The van der Waals surface area contributed by atoms with Crippen molar-refractivity contribution in [3.63, 3.8) is 0 Å². The Morgan fingerprint density at radius 1 is 1.39 bits per heavy atom. The van der Waals surface area contributed by atoms with Crippen molar-refractivity contribution in [3.05, 3.63) is 46.2 Å². The number of halogens is 2. The first-order chi connectivity index (χ1) is 8.58. The molecule has 0 radical (unpaired) electrons. The molecule has 0 fully saturated rings. The van der Waals surface area contributed by atoms with Gasteiger partial charge in [0.2, 0.25) is 5.01 Å². The van der Waals surface area contributed by atoms with Gasteiger partial charge in [-0.05, 0) is 30.6 Å². The minimum absolute atomic E-state index is 0.171. The molecule has 4 nitrogen and oxygen atoms in total. The fourth-order valence-electron chi connectivity index (χ4n) is 1.33. The van der Waals surface area contributed by atoms with E-state index < -0.39 is 17.5 Å². The number of nitrogens with zero attached hydrogens (tertiary/aromatic N) is 2. The topological polar surface area (TPSA) is 54.9 Å². The lowest BCUT2D eigenvalue weighted by Crippen LogP contribution is -2.23. The van der Waals surface area contributed by atoms with Gasteiger partial charge in [-0.25, -0.2) is 13.8 Å². The van der Waals surface area contributed by atoms with Crippen molar-refractivity contribution in [2.24, 2.45) is 0 Å². The monoisotopic (exact) mass is 269 g/mol. The number of nitrogens with one attached hydrogen (secondary N) is 1. The third-order valence-electron chi connectivity index (χ3n) is 2.21. The highest BCUT2D eigenvalue weighted by molar-refractivity contribution is 7.07. The molecule has 0 unspecified atom stereocenters. The van der Waals surface area contributed by atoms with E-state index in [1.807, 2.05) is 0 Å². The predicted molar refractivity (Wildman–Crippen MR) is 62.2 cm³/mol. The normalized spacial score (nSPS) is 10.4. The molecule has 0 aliphatic heterocycles. The molecule has 0 saturated heterocycles. The van der Waals surface area contributed by atoms with Crippen molar-refractivity contribution in [1.82, 2.24) is 14.7 Å². The molecule has 1 N–H and O–H groups in total. The highest BCUT2D eigenvalue weighted by atomic mass is 32.1. The standard InChI is InChI=1S/C11H9F2N3OS/c1-6-15-11(18-16-6)10(17)14-5-7-8(12)3-2-4-9(7)13/h2-4H,5H2,1H3,(H,14,17). The summed E-state index contributed by atoms with van der Waals surface area (Å²) in [5.41, 5.74) is -0.174. The maximum Gasteiger partial charge on any atom is 0.282 e. The molecule has 1 aromatic carbocycles. The van der Waals surface area contributed by atoms with E-state index in [1.165, 1.54) is 6.07 Å². The molecule has 0 aliphatic carbocycles. The van der Waals surface area contributed by atoms with Gasteiger partial charge in [0.15, 0.2) is 0 Å². The van der Waals surface area contributed by atoms with Crippen molar-refractivity contribution < 1.29 is 13.6 Å². The van der Waals surface area contributed by atoms with E-state index in [4.69, 9.17) is 0 Å². The number of carbonyl (C=O) groups is 1. The van der Waals surface area contributed by atoms with Crippen LogP contribution in [0.2, 0.25) is 0 Å². The Hall–Kier alpha value is -1.89. The van der Waals surface area contributed by atoms with Gasteiger partial charge in [-0.1, -0.05) is 6.07 Å². The minimum atomic E-state index is -0.691. The Morgan fingerprint density at radius 3 is 2.61 bits per heavy atom. The molecular weight excluding hydrogens is 260 g/mol. The molecule has 2 aromatic rings. The van der Waals surface area contributed by atoms with E-state index in [0.717, 1.165) is 23.7 Å². The fourth-order valence-corrected chi connectivity index (χ4v) is 1.92. The summed E-state index contributed by atoms with van der Waals surface area (Å²) in [5, 5.41) is 2.57. The summed E-state index contributed by atoms with van der Waals surface area (Å²) in [6.45, 7) is 1.43. The Balaban J connectivity index is 2.06. The Morgan fingerprint density at radius 2 is 2.06 bits per heavy atom. The number of rotatable bonds is 3. The number of hydrogen-bond donors (Lipinski definition) is 1. The molecule has 0 saturated carbocycles. The van der Waals surface area contributed by atoms with Gasteiger partial charge < -0.3 is 5.32 Å². The van der Waals surface area contributed by atoms with Crippen LogP contribution in [0.5, 0.6) is 0 Å². The second-order valence-corrected chi connectivity index (χ2v) is 4.28. The van der Waals surface area contributed by atoms with Gasteiger partial charge in [-0.15, -0.1) is 0 Å². The molecule has 1 heterocycles. The lowest BCUT2D eigenvalue weighted by Gasteiger charge is -2.05. The predicted octanol–water partition coefficient (Wildman–Crippen LogP) is 2.05. The van der Waals surface area contributed by atoms with E-state index in [-0.39, 0.29) is 17.1 Å². The van der Waals surface area contributed by atoms with Gasteiger partial charge in [0, 0.05) is 12.1 Å². The molecule has 1 aromatic heterocycles. The average Bonchev–Trinajstić information content (AvgIpc) is 2.75. The first-order valence-electron chi connectivity index (χ1n) is 5.09. The van der Waals surface area contributed by atoms with Gasteiger partial charge in [-0.3, -0.25) is 4.79 Å². The first kappa shape index (κ1) is 12.6. The summed E-state index contributed by atoms with van der Waals surface area (Å²) in [5.74, 6) is -1.39. The van der Waals surface area contributed by atoms with Gasteiger partial charge in [0.05, 0.1) is 0 Å². The second-order valence-electron chi connectivity index (χ2n) is 3.53. The van der Waals surface area contributed by atoms with Crippen LogP contribution in [0.25, 0.3) is 0 Å². The molecule has 18 heavy (non-hydrogen) atoms. The summed E-state index contributed by atoms with van der Waals surface area (Å²) in [6, 6.07) is 3.55. The molecular formula is C11H9F2N3OS. The Kier molecular flexibility index (Phi) is 3.61. The smallest absolute Gasteiger partial charge is 0.282 e.